The summed E-state index contributed by atoms with van der Waals surface area (Å²) in [6.45, 7) is 4.06. The third-order valence-corrected chi connectivity index (χ3v) is 5.84. The molecule has 1 saturated heterocycles. The molecular weight excluding hydrogens is 503 g/mol. The van der Waals surface area contributed by atoms with Crippen LogP contribution in [0.3, 0.4) is 0 Å². The highest BCUT2D eigenvalue weighted by atomic mass is 19.4. The molecule has 0 atom stereocenters. The van der Waals surface area contributed by atoms with Gasteiger partial charge in [-0.15, -0.1) is 0 Å². The fraction of sp³-hybridized carbons (Fsp3) is 0.360. The Morgan fingerprint density at radius 3 is 2.68 bits per heavy atom. The number of nitrogens with zero attached hydrogens (tertiary/aromatic N) is 5. The van der Waals surface area contributed by atoms with Gasteiger partial charge in [-0.3, -0.25) is 19.2 Å². The topological polar surface area (TPSA) is 108 Å². The molecule has 200 valence electrons. The van der Waals surface area contributed by atoms with E-state index in [9.17, 15) is 22.8 Å². The molecular formula is C25H26F3N7O3. The molecule has 3 heterocycles. The summed E-state index contributed by atoms with van der Waals surface area (Å²) in [5.74, 6) is 4.90. The summed E-state index contributed by atoms with van der Waals surface area (Å²) in [4.78, 5) is 33.4. The molecule has 4 rings (SSSR count). The monoisotopic (exact) mass is 529 g/mol. The Labute approximate surface area is 216 Å². The second kappa shape index (κ2) is 11.8. The Balaban J connectivity index is 1.45. The number of carbonyl (C=O) groups is 2. The number of aryl methyl sites for hydroxylation is 1. The zero-order valence-corrected chi connectivity index (χ0v) is 20.6. The number of halogens is 3. The van der Waals surface area contributed by atoms with Crippen molar-refractivity contribution in [3.05, 3.63) is 48.0 Å². The summed E-state index contributed by atoms with van der Waals surface area (Å²) in [6, 6.07) is 4.61. The lowest BCUT2D eigenvalue weighted by atomic mass is 10.1. The van der Waals surface area contributed by atoms with Crippen LogP contribution in [-0.4, -0.2) is 81.2 Å². The van der Waals surface area contributed by atoms with Crippen molar-refractivity contribution < 1.29 is 27.5 Å². The zero-order chi connectivity index (χ0) is 27.1. The molecule has 1 aliphatic rings. The highest BCUT2D eigenvalue weighted by Gasteiger charge is 2.33. The van der Waals surface area contributed by atoms with Crippen molar-refractivity contribution in [3.63, 3.8) is 0 Å². The Kier molecular flexibility index (Phi) is 8.32. The van der Waals surface area contributed by atoms with E-state index in [4.69, 9.17) is 4.74 Å². The summed E-state index contributed by atoms with van der Waals surface area (Å²) >= 11 is 0. The van der Waals surface area contributed by atoms with Gasteiger partial charge in [0.05, 0.1) is 30.3 Å². The van der Waals surface area contributed by atoms with Gasteiger partial charge in [0.15, 0.2) is 0 Å². The van der Waals surface area contributed by atoms with Crippen LogP contribution in [-0.2, 0) is 22.8 Å². The van der Waals surface area contributed by atoms with Crippen molar-refractivity contribution in [2.75, 3.05) is 44.6 Å². The van der Waals surface area contributed by atoms with Crippen LogP contribution in [0.2, 0.25) is 0 Å². The van der Waals surface area contributed by atoms with Gasteiger partial charge in [-0.1, -0.05) is 5.92 Å². The van der Waals surface area contributed by atoms with E-state index in [1.165, 1.54) is 12.3 Å². The first-order valence-electron chi connectivity index (χ1n) is 11.8. The second-order valence-electron chi connectivity index (χ2n) is 8.65. The lowest BCUT2D eigenvalue weighted by Crippen LogP contribution is -2.46. The first kappa shape index (κ1) is 26.7. The number of imidazole rings is 1. The van der Waals surface area contributed by atoms with E-state index in [-0.39, 0.29) is 11.5 Å². The number of H-pyrrole nitrogens is 1. The fourth-order valence-electron chi connectivity index (χ4n) is 3.84. The molecule has 3 aromatic rings. The SMILES string of the molecule is Cn1cc(C#CC(=O)Nc2cc(-c3ncc(C(F)(F)F)[nH]3)ccc2OCCCN2CCN(C=O)CC2)cn1. The van der Waals surface area contributed by atoms with Gasteiger partial charge >= 0.3 is 12.1 Å². The van der Waals surface area contributed by atoms with Crippen LogP contribution in [0.15, 0.2) is 36.8 Å². The highest BCUT2D eigenvalue weighted by molar-refractivity contribution is 6.05. The van der Waals surface area contributed by atoms with Crippen LogP contribution < -0.4 is 10.1 Å². The maximum Gasteiger partial charge on any atom is 0.432 e. The number of amides is 2. The number of piperazine rings is 1. The van der Waals surface area contributed by atoms with Gasteiger partial charge in [0.2, 0.25) is 6.41 Å². The predicted molar refractivity (Wildman–Crippen MR) is 132 cm³/mol. The smallest absolute Gasteiger partial charge is 0.432 e. The van der Waals surface area contributed by atoms with Gasteiger partial charge in [-0.25, -0.2) is 4.98 Å². The molecule has 2 aromatic heterocycles. The van der Waals surface area contributed by atoms with E-state index < -0.39 is 17.8 Å². The van der Waals surface area contributed by atoms with Gasteiger partial charge in [-0.2, -0.15) is 18.3 Å². The largest absolute Gasteiger partial charge is 0.491 e. The predicted octanol–water partition coefficient (Wildman–Crippen LogP) is 2.36. The van der Waals surface area contributed by atoms with Crippen molar-refractivity contribution in [1.82, 2.24) is 29.5 Å². The third kappa shape index (κ3) is 7.13. The molecule has 13 heteroatoms. The van der Waals surface area contributed by atoms with Crippen molar-refractivity contribution in [3.8, 4) is 29.0 Å². The van der Waals surface area contributed by atoms with E-state index in [0.29, 0.717) is 49.2 Å². The molecule has 0 unspecified atom stereocenters. The number of benzene rings is 1. The molecule has 0 spiro atoms. The number of carbonyl (C=O) groups excluding carboxylic acids is 2. The molecule has 0 radical (unpaired) electrons. The maximum absolute atomic E-state index is 13.0. The molecule has 1 fully saturated rings. The van der Waals surface area contributed by atoms with Crippen LogP contribution in [0.5, 0.6) is 5.75 Å². The molecule has 1 aliphatic heterocycles. The summed E-state index contributed by atoms with van der Waals surface area (Å²) < 4.78 is 46.5. The van der Waals surface area contributed by atoms with Gasteiger partial charge in [0.1, 0.15) is 17.3 Å². The number of ether oxygens (including phenoxy) is 1. The summed E-state index contributed by atoms with van der Waals surface area (Å²) in [6.07, 6.45) is 0.879. The molecule has 0 saturated carbocycles. The van der Waals surface area contributed by atoms with E-state index in [0.717, 1.165) is 26.0 Å². The van der Waals surface area contributed by atoms with Crippen LogP contribution in [0.4, 0.5) is 18.9 Å². The number of hydrogen-bond donors (Lipinski definition) is 2. The average molecular weight is 530 g/mol. The lowest BCUT2D eigenvalue weighted by molar-refractivity contribution is -0.140. The fourth-order valence-corrected chi connectivity index (χ4v) is 3.84. The molecule has 2 N–H and O–H groups in total. The molecule has 10 nitrogen and oxygen atoms in total. The van der Waals surface area contributed by atoms with Gasteiger partial charge in [-0.05, 0) is 24.6 Å². The van der Waals surface area contributed by atoms with Gasteiger partial charge in [0.25, 0.3) is 0 Å². The number of aromatic nitrogens is 4. The number of alkyl halides is 3. The van der Waals surface area contributed by atoms with E-state index in [1.54, 1.807) is 35.0 Å². The van der Waals surface area contributed by atoms with Gasteiger partial charge in [0, 0.05) is 57.5 Å². The number of rotatable bonds is 8. The number of nitrogens with one attached hydrogen (secondary N) is 2. The first-order valence-corrected chi connectivity index (χ1v) is 11.8. The summed E-state index contributed by atoms with van der Waals surface area (Å²) in [5.41, 5.74) is 0.154. The quantitative estimate of drug-likeness (QED) is 0.264. The standard InChI is InChI=1S/C25H26F3N7O3/c1-33-16-18(14-30-33)3-6-23(37)31-20-13-19(24-29-15-22(32-24)25(26,27)28)4-5-21(20)38-12-2-7-34-8-10-35(17-36)11-9-34/h4-5,13-17H,2,7-12H2,1H3,(H,29,32)(H,31,37). The Bertz CT molecular complexity index is 1330. The number of aromatic amines is 1. The normalized spacial score (nSPS) is 14.1. The summed E-state index contributed by atoms with van der Waals surface area (Å²) in [5, 5.41) is 6.65. The van der Waals surface area contributed by atoms with Gasteiger partial charge < -0.3 is 19.9 Å². The minimum Gasteiger partial charge on any atom is -0.491 e. The number of anilines is 1. The highest BCUT2D eigenvalue weighted by Crippen LogP contribution is 2.33. The van der Waals surface area contributed by atoms with Crippen molar-refractivity contribution in [1.29, 1.82) is 0 Å². The number of hydrogen-bond acceptors (Lipinski definition) is 6. The molecule has 38 heavy (non-hydrogen) atoms. The molecule has 2 amide bonds. The first-order chi connectivity index (χ1) is 18.2. The average Bonchev–Trinajstić information content (AvgIpc) is 3.56. The molecule has 1 aromatic carbocycles. The van der Waals surface area contributed by atoms with Crippen LogP contribution in [0.25, 0.3) is 11.4 Å². The third-order valence-electron chi connectivity index (χ3n) is 5.84. The minimum atomic E-state index is -4.56. The molecule has 0 aliphatic carbocycles. The Morgan fingerprint density at radius 1 is 1.24 bits per heavy atom. The second-order valence-corrected chi connectivity index (χ2v) is 8.65. The van der Waals surface area contributed by atoms with Crippen molar-refractivity contribution in [2.24, 2.45) is 7.05 Å². The Hall–Kier alpha value is -4.31. The van der Waals surface area contributed by atoms with Crippen LogP contribution in [0.1, 0.15) is 17.7 Å². The van der Waals surface area contributed by atoms with E-state index in [1.807, 2.05) is 0 Å². The van der Waals surface area contributed by atoms with E-state index in [2.05, 4.69) is 37.1 Å². The lowest BCUT2D eigenvalue weighted by Gasteiger charge is -2.32. The maximum atomic E-state index is 13.0. The zero-order valence-electron chi connectivity index (χ0n) is 20.6. The minimum absolute atomic E-state index is 0.00437. The Morgan fingerprint density at radius 2 is 2.03 bits per heavy atom. The van der Waals surface area contributed by atoms with E-state index >= 15 is 0 Å². The molecule has 0 bridgehead atoms. The van der Waals surface area contributed by atoms with Crippen molar-refractivity contribution in [2.45, 2.75) is 12.6 Å². The van der Waals surface area contributed by atoms with Crippen molar-refractivity contribution >= 4 is 18.0 Å². The van der Waals surface area contributed by atoms with Crippen LogP contribution >= 0.6 is 0 Å². The summed E-state index contributed by atoms with van der Waals surface area (Å²) in [7, 11) is 1.73. The van der Waals surface area contributed by atoms with Crippen LogP contribution in [0, 0.1) is 11.8 Å².